The normalized spacial score (nSPS) is 18.7. The first-order valence-electron chi connectivity index (χ1n) is 14.1. The molecule has 1 unspecified atom stereocenters. The van der Waals surface area contributed by atoms with E-state index in [2.05, 4.69) is 25.8 Å². The average Bonchev–Trinajstić information content (AvgIpc) is 3.61. The lowest BCUT2D eigenvalue weighted by Gasteiger charge is -2.49. The number of esters is 2. The summed E-state index contributed by atoms with van der Waals surface area (Å²) in [6.45, 7) is 6.54. The number of nitrogens with zero attached hydrogens (tertiary/aromatic N) is 7. The summed E-state index contributed by atoms with van der Waals surface area (Å²) >= 11 is 3.99. The minimum Gasteiger partial charge on any atom is -0.425 e. The van der Waals surface area contributed by atoms with Gasteiger partial charge in [0.05, 0.1) is 24.6 Å². The van der Waals surface area contributed by atoms with Crippen LogP contribution in [0.15, 0.2) is 21.8 Å². The zero-order valence-electron chi connectivity index (χ0n) is 25.2. The summed E-state index contributed by atoms with van der Waals surface area (Å²) in [5.41, 5.74) is 6.88. The van der Waals surface area contributed by atoms with E-state index in [1.807, 2.05) is 32.8 Å². The van der Waals surface area contributed by atoms with Crippen molar-refractivity contribution in [2.24, 2.45) is 5.92 Å². The standard InChI is InChI=1S/C26H37N9O6S3/c1-6-15(7-2)23(38)40-14(3)41-24(39)20-16(12-44-26-30-31-32-34(26)9-8-33(4)5)11-42-22-19(21(37)35(20)22)29-18(36)10-17-13-43-25(27)28-17/h13-15,19,22H,6-12H2,1-5H3,(H2,27,28)(H,29,36)/t14?,19-,22+/m1/s1. The third-order valence-corrected chi connectivity index (χ3v) is 10.1. The molecule has 3 atom stereocenters. The maximum absolute atomic E-state index is 13.6. The van der Waals surface area contributed by atoms with Crippen molar-refractivity contribution in [1.82, 2.24) is 40.3 Å². The summed E-state index contributed by atoms with van der Waals surface area (Å²) in [6.07, 6.45) is 0.00551. The molecule has 18 heteroatoms. The molecule has 2 aliphatic rings. The number of β-lactam (4-membered cyclic amide) rings is 1. The molecule has 240 valence electrons. The molecule has 2 amide bonds. The Balaban J connectivity index is 1.50. The highest BCUT2D eigenvalue weighted by molar-refractivity contribution is 8.01. The van der Waals surface area contributed by atoms with Gasteiger partial charge in [0.1, 0.15) is 17.1 Å². The molecule has 0 aliphatic carbocycles. The van der Waals surface area contributed by atoms with E-state index in [1.54, 1.807) is 10.1 Å². The van der Waals surface area contributed by atoms with Crippen molar-refractivity contribution in [3.8, 4) is 0 Å². The van der Waals surface area contributed by atoms with E-state index in [-0.39, 0.29) is 23.9 Å². The molecular weight excluding hydrogens is 631 g/mol. The summed E-state index contributed by atoms with van der Waals surface area (Å²) in [5, 5.41) is 16.8. The second-order valence-corrected chi connectivity index (χ2v) is 13.4. The van der Waals surface area contributed by atoms with Gasteiger partial charge < -0.3 is 25.4 Å². The smallest absolute Gasteiger partial charge is 0.358 e. The van der Waals surface area contributed by atoms with Crippen LogP contribution in [-0.4, -0.2) is 109 Å². The number of thioether (sulfide) groups is 2. The number of amides is 2. The molecule has 1 fully saturated rings. The van der Waals surface area contributed by atoms with Crippen LogP contribution in [0.2, 0.25) is 0 Å². The van der Waals surface area contributed by atoms with Crippen LogP contribution in [-0.2, 0) is 41.6 Å². The monoisotopic (exact) mass is 667 g/mol. The number of nitrogens with two attached hydrogens (primary N) is 1. The molecule has 0 radical (unpaired) electrons. The van der Waals surface area contributed by atoms with Gasteiger partial charge in [-0.05, 0) is 42.9 Å². The van der Waals surface area contributed by atoms with Gasteiger partial charge in [-0.15, -0.1) is 28.2 Å². The van der Waals surface area contributed by atoms with E-state index < -0.39 is 35.6 Å². The van der Waals surface area contributed by atoms with E-state index in [9.17, 15) is 19.2 Å². The van der Waals surface area contributed by atoms with Gasteiger partial charge >= 0.3 is 11.9 Å². The lowest BCUT2D eigenvalue weighted by Crippen LogP contribution is -2.70. The molecule has 15 nitrogen and oxygen atoms in total. The van der Waals surface area contributed by atoms with Crippen LogP contribution in [0, 0.1) is 5.92 Å². The van der Waals surface area contributed by atoms with Crippen molar-refractivity contribution >= 4 is 63.7 Å². The molecule has 2 aromatic rings. The first-order valence-corrected chi connectivity index (χ1v) is 17.0. The Morgan fingerprint density at radius 2 is 2.00 bits per heavy atom. The number of hydrogen-bond acceptors (Lipinski definition) is 15. The first kappa shape index (κ1) is 33.7. The van der Waals surface area contributed by atoms with Crippen LogP contribution in [0.1, 0.15) is 39.3 Å². The van der Waals surface area contributed by atoms with Crippen LogP contribution >= 0.6 is 34.9 Å². The van der Waals surface area contributed by atoms with Gasteiger partial charge in [0.25, 0.3) is 5.91 Å². The van der Waals surface area contributed by atoms with E-state index >= 15 is 0 Å². The largest absolute Gasteiger partial charge is 0.425 e. The zero-order chi connectivity index (χ0) is 32.0. The Morgan fingerprint density at radius 1 is 1.25 bits per heavy atom. The van der Waals surface area contributed by atoms with Gasteiger partial charge in [-0.2, -0.15) is 0 Å². The van der Waals surface area contributed by atoms with E-state index in [4.69, 9.17) is 15.2 Å². The average molecular weight is 668 g/mol. The second-order valence-electron chi connectivity index (χ2n) is 10.5. The fraction of sp³-hybridized carbons (Fsp3) is 0.615. The Bertz CT molecular complexity index is 1390. The van der Waals surface area contributed by atoms with Crippen LogP contribution in [0.3, 0.4) is 0 Å². The number of rotatable bonds is 15. The van der Waals surface area contributed by atoms with E-state index in [0.29, 0.717) is 52.4 Å². The van der Waals surface area contributed by atoms with Gasteiger partial charge in [0.2, 0.25) is 17.4 Å². The topological polar surface area (TPSA) is 188 Å². The van der Waals surface area contributed by atoms with Crippen LogP contribution < -0.4 is 11.1 Å². The van der Waals surface area contributed by atoms with E-state index in [1.165, 1.54) is 46.7 Å². The highest BCUT2D eigenvalue weighted by Crippen LogP contribution is 2.42. The SMILES string of the molecule is CCC(CC)C(=O)OC(C)OC(=O)C1=C(CSc2nnnn2CCN(C)C)CS[C@H]2[C@H](NC(=O)Cc3csc(N)n3)C(=O)N12. The summed E-state index contributed by atoms with van der Waals surface area (Å²) in [7, 11) is 3.90. The molecule has 1 saturated heterocycles. The lowest BCUT2D eigenvalue weighted by atomic mass is 10.0. The molecule has 44 heavy (non-hydrogen) atoms. The number of aromatic nitrogens is 5. The Morgan fingerprint density at radius 3 is 2.66 bits per heavy atom. The molecule has 4 rings (SSSR count). The molecule has 3 N–H and O–H groups in total. The number of nitrogens with one attached hydrogen (secondary N) is 1. The summed E-state index contributed by atoms with van der Waals surface area (Å²) in [6, 6.07) is -0.830. The maximum Gasteiger partial charge on any atom is 0.358 e. The third-order valence-electron chi connectivity index (χ3n) is 6.98. The van der Waals surface area contributed by atoms with Gasteiger partial charge in [-0.1, -0.05) is 25.6 Å². The third kappa shape index (κ3) is 8.08. The molecule has 2 aliphatic heterocycles. The molecular formula is C26H37N9O6S3. The molecule has 2 aromatic heterocycles. The van der Waals surface area contributed by atoms with Crippen molar-refractivity contribution in [3.63, 3.8) is 0 Å². The van der Waals surface area contributed by atoms with Crippen molar-refractivity contribution in [1.29, 1.82) is 0 Å². The number of likely N-dealkylation sites (N-methyl/N-ethyl adjacent to an activating group) is 1. The van der Waals surface area contributed by atoms with Crippen molar-refractivity contribution < 1.29 is 28.7 Å². The minimum atomic E-state index is -1.17. The molecule has 0 aromatic carbocycles. The van der Waals surface area contributed by atoms with Gasteiger partial charge in [-0.3, -0.25) is 19.3 Å². The molecule has 4 heterocycles. The summed E-state index contributed by atoms with van der Waals surface area (Å²) in [4.78, 5) is 59.6. The van der Waals surface area contributed by atoms with Crippen LogP contribution in [0.5, 0.6) is 0 Å². The number of anilines is 1. The van der Waals surface area contributed by atoms with E-state index in [0.717, 1.165) is 6.54 Å². The lowest BCUT2D eigenvalue weighted by molar-refractivity contribution is -0.187. The fourth-order valence-electron chi connectivity index (χ4n) is 4.57. The van der Waals surface area contributed by atoms with Crippen molar-refractivity contribution in [3.05, 3.63) is 22.3 Å². The first-order chi connectivity index (χ1) is 21.0. The molecule has 0 saturated carbocycles. The Labute approximate surface area is 267 Å². The minimum absolute atomic E-state index is 0.0244. The van der Waals surface area contributed by atoms with Crippen molar-refractivity contribution in [2.75, 3.05) is 37.9 Å². The van der Waals surface area contributed by atoms with Gasteiger partial charge in [-0.25, -0.2) is 14.5 Å². The number of ether oxygens (including phenoxy) is 2. The number of carbonyl (C=O) groups is 4. The highest BCUT2D eigenvalue weighted by atomic mass is 32.2. The second kappa shape index (κ2) is 15.2. The maximum atomic E-state index is 13.6. The van der Waals surface area contributed by atoms with Gasteiger partial charge in [0, 0.05) is 30.4 Å². The summed E-state index contributed by atoms with van der Waals surface area (Å²) in [5.74, 6) is -1.68. The van der Waals surface area contributed by atoms with Crippen molar-refractivity contribution in [2.45, 2.75) is 69.4 Å². The fourth-order valence-corrected chi connectivity index (χ4v) is 7.53. The predicted molar refractivity (Wildman–Crippen MR) is 165 cm³/mol. The predicted octanol–water partition coefficient (Wildman–Crippen LogP) is 1.13. The Hall–Kier alpha value is -3.22. The zero-order valence-corrected chi connectivity index (χ0v) is 27.7. The highest BCUT2D eigenvalue weighted by Gasteiger charge is 2.54. The van der Waals surface area contributed by atoms with Crippen LogP contribution in [0.25, 0.3) is 0 Å². The number of thiazole rings is 1. The van der Waals surface area contributed by atoms with Crippen LogP contribution in [0.4, 0.5) is 5.13 Å². The number of carbonyl (C=O) groups excluding carboxylic acids is 4. The van der Waals surface area contributed by atoms with Gasteiger partial charge in [0.15, 0.2) is 5.13 Å². The molecule has 0 bridgehead atoms. The quantitative estimate of drug-likeness (QED) is 0.119. The number of fused-ring (bicyclic) bond motifs is 1. The number of nitrogen functional groups attached to an aromatic ring is 1. The number of hydrogen-bond donors (Lipinski definition) is 2. The Kier molecular flexibility index (Phi) is 11.6. The summed E-state index contributed by atoms with van der Waals surface area (Å²) < 4.78 is 12.6. The number of tetrazole rings is 1. The molecule has 0 spiro atoms.